The summed E-state index contributed by atoms with van der Waals surface area (Å²) in [6.45, 7) is 1.70. The van der Waals surface area contributed by atoms with Crippen LogP contribution in [0.25, 0.3) is 11.2 Å². The molecule has 8 nitrogen and oxygen atoms in total. The van der Waals surface area contributed by atoms with Gasteiger partial charge < -0.3 is 10.3 Å². The van der Waals surface area contributed by atoms with E-state index < -0.39 is 0 Å². The molecule has 0 saturated carbocycles. The molecule has 3 rings (SSSR count). The van der Waals surface area contributed by atoms with Crippen molar-refractivity contribution in [1.82, 2.24) is 30.7 Å². The Bertz CT molecular complexity index is 575. The minimum absolute atomic E-state index is 0.000319. The predicted octanol–water partition coefficient (Wildman–Crippen LogP) is -0.204. The molecular formula is C11H15N7O. The number of aromatic amines is 1. The highest BCUT2D eigenvalue weighted by molar-refractivity contribution is 5.85. The number of aromatic nitrogens is 4. The van der Waals surface area contributed by atoms with Gasteiger partial charge in [0.05, 0.1) is 12.2 Å². The van der Waals surface area contributed by atoms with E-state index in [9.17, 15) is 4.79 Å². The van der Waals surface area contributed by atoms with Crippen LogP contribution in [-0.2, 0) is 4.79 Å². The van der Waals surface area contributed by atoms with Gasteiger partial charge in [-0.15, -0.1) is 0 Å². The maximum atomic E-state index is 12.0. The molecule has 3 heterocycles. The second-order valence-electron chi connectivity index (χ2n) is 4.48. The van der Waals surface area contributed by atoms with Crippen molar-refractivity contribution in [1.29, 1.82) is 0 Å². The highest BCUT2D eigenvalue weighted by Crippen LogP contribution is 2.14. The molecule has 0 bridgehead atoms. The second-order valence-corrected chi connectivity index (χ2v) is 4.48. The van der Waals surface area contributed by atoms with Gasteiger partial charge in [-0.05, 0) is 19.4 Å². The van der Waals surface area contributed by atoms with Crippen LogP contribution in [0, 0.1) is 5.92 Å². The minimum Gasteiger partial charge on any atom is -0.340 e. The molecular weight excluding hydrogens is 246 g/mol. The van der Waals surface area contributed by atoms with E-state index in [-0.39, 0.29) is 11.8 Å². The fourth-order valence-corrected chi connectivity index (χ4v) is 2.16. The minimum atomic E-state index is -0.0292. The molecule has 4 N–H and O–H groups in total. The number of rotatable bonds is 3. The number of imidazole rings is 1. The number of hydrogen-bond acceptors (Lipinski definition) is 6. The molecule has 1 fully saturated rings. The number of amides is 1. The molecule has 1 aliphatic heterocycles. The first-order chi connectivity index (χ1) is 9.34. The van der Waals surface area contributed by atoms with E-state index in [4.69, 9.17) is 0 Å². The van der Waals surface area contributed by atoms with Crippen LogP contribution >= 0.6 is 0 Å². The van der Waals surface area contributed by atoms with Crippen molar-refractivity contribution in [3.8, 4) is 0 Å². The first kappa shape index (κ1) is 11.8. The van der Waals surface area contributed by atoms with Crippen LogP contribution in [0.15, 0.2) is 12.7 Å². The molecule has 2 aromatic heterocycles. The molecule has 1 atom stereocenters. The molecule has 0 aliphatic carbocycles. The molecule has 1 aliphatic rings. The summed E-state index contributed by atoms with van der Waals surface area (Å²) in [5.41, 5.74) is 6.74. The fourth-order valence-electron chi connectivity index (χ4n) is 2.16. The Labute approximate surface area is 109 Å². The van der Waals surface area contributed by atoms with Crippen molar-refractivity contribution in [3.63, 3.8) is 0 Å². The number of anilines is 1. The quantitative estimate of drug-likeness (QED) is 0.570. The molecule has 100 valence electrons. The van der Waals surface area contributed by atoms with E-state index >= 15 is 0 Å². The number of fused-ring (bicyclic) bond motifs is 1. The molecule has 1 amide bonds. The summed E-state index contributed by atoms with van der Waals surface area (Å²) in [5, 5.41) is 3.21. The number of hydrogen-bond donors (Lipinski definition) is 4. The van der Waals surface area contributed by atoms with Crippen molar-refractivity contribution in [2.24, 2.45) is 5.92 Å². The van der Waals surface area contributed by atoms with Gasteiger partial charge in [-0.2, -0.15) is 0 Å². The number of carbonyl (C=O) groups is 1. The van der Waals surface area contributed by atoms with Crippen molar-refractivity contribution in [2.75, 3.05) is 18.5 Å². The van der Waals surface area contributed by atoms with E-state index in [1.807, 2.05) is 0 Å². The lowest BCUT2D eigenvalue weighted by molar-refractivity contribution is -0.124. The van der Waals surface area contributed by atoms with Gasteiger partial charge in [0.25, 0.3) is 0 Å². The Hall–Kier alpha value is -2.22. The maximum Gasteiger partial charge on any atom is 0.242 e. The fraction of sp³-hybridized carbons (Fsp3) is 0.455. The average Bonchev–Trinajstić information content (AvgIpc) is 2.94. The smallest absolute Gasteiger partial charge is 0.242 e. The van der Waals surface area contributed by atoms with Gasteiger partial charge in [0, 0.05) is 6.54 Å². The lowest BCUT2D eigenvalue weighted by Crippen LogP contribution is -2.42. The van der Waals surface area contributed by atoms with Crippen LogP contribution in [0.2, 0.25) is 0 Å². The normalized spacial score (nSPS) is 19.3. The average molecular weight is 261 g/mol. The Balaban J connectivity index is 1.65. The third kappa shape index (κ3) is 2.48. The van der Waals surface area contributed by atoms with Gasteiger partial charge >= 0.3 is 0 Å². The standard InChI is InChI=1S/C11H15N7O/c19-11(7-2-1-3-12-4-7)18-17-10-8-9(14-5-13-8)15-6-16-10/h5-7,12H,1-4H2,(H,18,19)(H2,13,14,15,16,17)/t7-/m0/s1. The molecule has 2 aromatic rings. The monoisotopic (exact) mass is 261 g/mol. The van der Waals surface area contributed by atoms with Crippen molar-refractivity contribution in [2.45, 2.75) is 12.8 Å². The topological polar surface area (TPSA) is 108 Å². The van der Waals surface area contributed by atoms with E-state index in [1.165, 1.54) is 12.7 Å². The second kappa shape index (κ2) is 5.19. The highest BCUT2D eigenvalue weighted by Gasteiger charge is 2.20. The number of hydrazine groups is 1. The van der Waals surface area contributed by atoms with Gasteiger partial charge in [0.2, 0.25) is 5.91 Å². The number of piperidine rings is 1. The van der Waals surface area contributed by atoms with E-state index in [1.54, 1.807) is 0 Å². The van der Waals surface area contributed by atoms with Gasteiger partial charge in [-0.25, -0.2) is 15.0 Å². The number of carbonyl (C=O) groups excluding carboxylic acids is 1. The summed E-state index contributed by atoms with van der Waals surface area (Å²) in [7, 11) is 0. The zero-order valence-electron chi connectivity index (χ0n) is 10.3. The first-order valence-electron chi connectivity index (χ1n) is 6.25. The summed E-state index contributed by atoms with van der Waals surface area (Å²) >= 11 is 0. The van der Waals surface area contributed by atoms with E-state index in [0.717, 1.165) is 25.9 Å². The molecule has 19 heavy (non-hydrogen) atoms. The number of H-pyrrole nitrogens is 1. The van der Waals surface area contributed by atoms with Crippen LogP contribution in [0.3, 0.4) is 0 Å². The van der Waals surface area contributed by atoms with Crippen molar-refractivity contribution in [3.05, 3.63) is 12.7 Å². The van der Waals surface area contributed by atoms with Crippen LogP contribution in [0.1, 0.15) is 12.8 Å². The first-order valence-corrected chi connectivity index (χ1v) is 6.25. The zero-order chi connectivity index (χ0) is 13.1. The number of nitrogens with one attached hydrogen (secondary N) is 4. The van der Waals surface area contributed by atoms with Gasteiger partial charge in [-0.3, -0.25) is 15.6 Å². The van der Waals surface area contributed by atoms with Crippen molar-refractivity contribution < 1.29 is 4.79 Å². The van der Waals surface area contributed by atoms with Crippen LogP contribution in [-0.4, -0.2) is 38.9 Å². The highest BCUT2D eigenvalue weighted by atomic mass is 16.2. The Kier molecular flexibility index (Phi) is 3.23. The molecule has 0 unspecified atom stereocenters. The van der Waals surface area contributed by atoms with Gasteiger partial charge in [0.1, 0.15) is 11.8 Å². The lowest BCUT2D eigenvalue weighted by Gasteiger charge is -2.22. The zero-order valence-corrected chi connectivity index (χ0v) is 10.3. The molecule has 8 heteroatoms. The maximum absolute atomic E-state index is 12.0. The van der Waals surface area contributed by atoms with Crippen LogP contribution in [0.4, 0.5) is 5.82 Å². The summed E-state index contributed by atoms with van der Waals surface area (Å²) < 4.78 is 0. The largest absolute Gasteiger partial charge is 0.340 e. The Morgan fingerprint density at radius 1 is 1.37 bits per heavy atom. The molecule has 0 spiro atoms. The van der Waals surface area contributed by atoms with Crippen molar-refractivity contribution >= 4 is 22.9 Å². The third-order valence-electron chi connectivity index (χ3n) is 3.19. The molecule has 0 radical (unpaired) electrons. The van der Waals surface area contributed by atoms with Crippen LogP contribution in [0.5, 0.6) is 0 Å². The predicted molar refractivity (Wildman–Crippen MR) is 69.0 cm³/mol. The molecule has 0 aromatic carbocycles. The summed E-state index contributed by atoms with van der Waals surface area (Å²) in [4.78, 5) is 27.0. The molecule has 1 saturated heterocycles. The third-order valence-corrected chi connectivity index (χ3v) is 3.19. The Morgan fingerprint density at radius 2 is 2.32 bits per heavy atom. The number of nitrogens with zero attached hydrogens (tertiary/aromatic N) is 3. The van der Waals surface area contributed by atoms with Crippen LogP contribution < -0.4 is 16.2 Å². The summed E-state index contributed by atoms with van der Waals surface area (Å²) in [6.07, 6.45) is 4.87. The summed E-state index contributed by atoms with van der Waals surface area (Å²) in [5.74, 6) is 0.485. The SMILES string of the molecule is O=C(NNc1ncnc2nc[nH]c12)[C@H]1CCCNC1. The Morgan fingerprint density at radius 3 is 3.16 bits per heavy atom. The van der Waals surface area contributed by atoms with E-state index in [2.05, 4.69) is 36.1 Å². The van der Waals surface area contributed by atoms with E-state index in [0.29, 0.717) is 17.0 Å². The van der Waals surface area contributed by atoms with Gasteiger partial charge in [-0.1, -0.05) is 0 Å². The van der Waals surface area contributed by atoms with Gasteiger partial charge in [0.15, 0.2) is 11.5 Å². The summed E-state index contributed by atoms with van der Waals surface area (Å²) in [6, 6.07) is 0. The lowest BCUT2D eigenvalue weighted by atomic mass is 9.99.